The van der Waals surface area contributed by atoms with Crippen LogP contribution in [0.2, 0.25) is 0 Å². The van der Waals surface area contributed by atoms with E-state index in [9.17, 15) is 26.4 Å². The molecule has 0 saturated carbocycles. The van der Waals surface area contributed by atoms with Crippen molar-refractivity contribution in [3.05, 3.63) is 0 Å². The Labute approximate surface area is 123 Å². The molecular weight excluding hydrogens is 313 g/mol. The predicted octanol–water partition coefficient (Wildman–Crippen LogP) is 1.39. The first-order valence-corrected chi connectivity index (χ1v) is 7.79. The fourth-order valence-electron chi connectivity index (χ4n) is 1.47. The molecule has 0 aliphatic rings. The number of unbranched alkanes of at least 4 members (excludes halogenated alkanes) is 1. The zero-order chi connectivity index (χ0) is 16.7. The van der Waals surface area contributed by atoms with Crippen molar-refractivity contribution in [2.45, 2.75) is 32.4 Å². The Morgan fingerprint density at radius 2 is 1.81 bits per heavy atom. The lowest BCUT2D eigenvalue weighted by Gasteiger charge is -2.28. The third kappa shape index (κ3) is 7.63. The molecule has 0 rings (SSSR count). The second kappa shape index (κ2) is 8.54. The number of hydrogen-bond acceptors (Lipinski definition) is 4. The van der Waals surface area contributed by atoms with Crippen molar-refractivity contribution in [1.82, 2.24) is 8.61 Å². The van der Waals surface area contributed by atoms with Crippen LogP contribution < -0.4 is 0 Å². The molecule has 0 aliphatic heterocycles. The van der Waals surface area contributed by atoms with Crippen LogP contribution in [0.15, 0.2) is 0 Å². The largest absolute Gasteiger partial charge is 0.469 e. The molecule has 0 aliphatic carbocycles. The van der Waals surface area contributed by atoms with Crippen LogP contribution in [-0.2, 0) is 19.7 Å². The Balaban J connectivity index is 4.93. The maximum Gasteiger partial charge on any atom is 0.402 e. The zero-order valence-electron chi connectivity index (χ0n) is 12.3. The number of nitrogens with zero attached hydrogens (tertiary/aromatic N) is 2. The van der Waals surface area contributed by atoms with Crippen LogP contribution in [0.3, 0.4) is 0 Å². The van der Waals surface area contributed by atoms with Gasteiger partial charge in [0.15, 0.2) is 0 Å². The van der Waals surface area contributed by atoms with Crippen molar-refractivity contribution in [2.24, 2.45) is 0 Å². The lowest BCUT2D eigenvalue weighted by atomic mass is 10.3. The normalized spacial score (nSPS) is 13.0. The van der Waals surface area contributed by atoms with Crippen molar-refractivity contribution >= 4 is 16.2 Å². The quantitative estimate of drug-likeness (QED) is 0.598. The molecule has 0 saturated heterocycles. The van der Waals surface area contributed by atoms with E-state index < -0.39 is 28.9 Å². The molecule has 0 aromatic heterocycles. The lowest BCUT2D eigenvalue weighted by Crippen LogP contribution is -2.46. The highest BCUT2D eigenvalue weighted by Gasteiger charge is 2.37. The molecular formula is C11H21F3N2O4S. The number of methoxy groups -OCH3 is 1. The maximum atomic E-state index is 12.5. The van der Waals surface area contributed by atoms with E-state index in [0.29, 0.717) is 17.1 Å². The van der Waals surface area contributed by atoms with E-state index in [2.05, 4.69) is 4.74 Å². The molecule has 126 valence electrons. The van der Waals surface area contributed by atoms with Gasteiger partial charge in [-0.2, -0.15) is 30.2 Å². The number of alkyl halides is 3. The smallest absolute Gasteiger partial charge is 0.402 e. The molecule has 0 fully saturated rings. The summed E-state index contributed by atoms with van der Waals surface area (Å²) in [6, 6.07) is 0. The van der Waals surface area contributed by atoms with Crippen LogP contribution in [-0.4, -0.2) is 63.0 Å². The van der Waals surface area contributed by atoms with E-state index in [1.165, 1.54) is 0 Å². The summed E-state index contributed by atoms with van der Waals surface area (Å²) in [5.74, 6) is -0.632. The Kier molecular flexibility index (Phi) is 8.19. The third-order valence-corrected chi connectivity index (χ3v) is 4.63. The van der Waals surface area contributed by atoms with Gasteiger partial charge in [-0.1, -0.05) is 13.3 Å². The number of ether oxygens (including phenoxy) is 1. The van der Waals surface area contributed by atoms with Gasteiger partial charge in [-0.3, -0.25) is 4.79 Å². The first-order valence-electron chi connectivity index (χ1n) is 6.39. The molecule has 0 aromatic rings. The summed E-state index contributed by atoms with van der Waals surface area (Å²) in [7, 11) is -1.99. The summed E-state index contributed by atoms with van der Waals surface area (Å²) in [6.45, 7) is -0.256. The minimum absolute atomic E-state index is 0.221. The van der Waals surface area contributed by atoms with Crippen molar-refractivity contribution in [3.63, 3.8) is 0 Å². The van der Waals surface area contributed by atoms with Crippen molar-refractivity contribution in [2.75, 3.05) is 33.8 Å². The number of carbonyl (C=O) groups excluding carboxylic acids is 1. The summed E-state index contributed by atoms with van der Waals surface area (Å²) in [6.07, 6.45) is -3.96. The average Bonchev–Trinajstić information content (AvgIpc) is 2.38. The molecule has 0 atom stereocenters. The summed E-state index contributed by atoms with van der Waals surface area (Å²) in [5, 5.41) is 0. The van der Waals surface area contributed by atoms with Crippen molar-refractivity contribution in [1.29, 1.82) is 0 Å². The zero-order valence-corrected chi connectivity index (χ0v) is 13.1. The summed E-state index contributed by atoms with van der Waals surface area (Å²) >= 11 is 0. The van der Waals surface area contributed by atoms with Gasteiger partial charge in [0.1, 0.15) is 6.54 Å². The van der Waals surface area contributed by atoms with E-state index in [4.69, 9.17) is 0 Å². The molecule has 0 radical (unpaired) electrons. The molecule has 10 heteroatoms. The Hall–Kier alpha value is -0.870. The van der Waals surface area contributed by atoms with Gasteiger partial charge in [-0.25, -0.2) is 0 Å². The van der Waals surface area contributed by atoms with Crippen LogP contribution in [0.1, 0.15) is 26.2 Å². The minimum Gasteiger partial charge on any atom is -0.469 e. The van der Waals surface area contributed by atoms with Crippen LogP contribution >= 0.6 is 0 Å². The molecule has 0 bridgehead atoms. The van der Waals surface area contributed by atoms with Gasteiger partial charge in [-0.05, 0) is 6.42 Å². The Bertz CT molecular complexity index is 426. The highest BCUT2D eigenvalue weighted by Crippen LogP contribution is 2.20. The minimum atomic E-state index is -4.62. The molecule has 0 unspecified atom stereocenters. The second-order valence-electron chi connectivity index (χ2n) is 4.46. The fourth-order valence-corrected chi connectivity index (χ4v) is 2.86. The molecule has 0 amide bonds. The first-order chi connectivity index (χ1) is 9.54. The molecule has 0 heterocycles. The van der Waals surface area contributed by atoms with Crippen molar-refractivity contribution < 1.29 is 31.1 Å². The number of carbonyl (C=O) groups is 1. The lowest BCUT2D eigenvalue weighted by molar-refractivity contribution is -0.141. The Morgan fingerprint density at radius 3 is 2.24 bits per heavy atom. The van der Waals surface area contributed by atoms with E-state index in [-0.39, 0.29) is 19.5 Å². The average molecular weight is 334 g/mol. The molecule has 0 spiro atoms. The van der Waals surface area contributed by atoms with E-state index in [1.807, 2.05) is 0 Å². The van der Waals surface area contributed by atoms with Crippen LogP contribution in [0, 0.1) is 0 Å². The molecule has 0 N–H and O–H groups in total. The number of hydrogen-bond donors (Lipinski definition) is 0. The number of halogens is 3. The van der Waals surface area contributed by atoms with Crippen LogP contribution in [0.4, 0.5) is 13.2 Å². The standard InChI is InChI=1S/C11H21F3N2O4S/c1-4-5-7-16(9-11(12,13)14)21(18,19)15(2)8-6-10(17)20-3/h4-9H2,1-3H3. The van der Waals surface area contributed by atoms with E-state index in [1.54, 1.807) is 6.92 Å². The predicted molar refractivity (Wildman–Crippen MR) is 70.7 cm³/mol. The van der Waals surface area contributed by atoms with Gasteiger partial charge < -0.3 is 4.74 Å². The third-order valence-electron chi connectivity index (χ3n) is 2.70. The number of esters is 1. The summed E-state index contributed by atoms with van der Waals surface area (Å²) in [5.41, 5.74) is 0. The van der Waals surface area contributed by atoms with E-state index in [0.717, 1.165) is 18.5 Å². The maximum absolute atomic E-state index is 12.5. The molecule has 6 nitrogen and oxygen atoms in total. The fraction of sp³-hybridized carbons (Fsp3) is 0.909. The monoisotopic (exact) mass is 334 g/mol. The topological polar surface area (TPSA) is 66.9 Å². The highest BCUT2D eigenvalue weighted by atomic mass is 32.2. The highest BCUT2D eigenvalue weighted by molar-refractivity contribution is 7.86. The van der Waals surface area contributed by atoms with Gasteiger partial charge in [0, 0.05) is 20.1 Å². The molecule has 0 aromatic carbocycles. The van der Waals surface area contributed by atoms with Crippen molar-refractivity contribution in [3.8, 4) is 0 Å². The van der Waals surface area contributed by atoms with Crippen LogP contribution in [0.5, 0.6) is 0 Å². The summed E-state index contributed by atoms with van der Waals surface area (Å²) < 4.78 is 67.2. The summed E-state index contributed by atoms with van der Waals surface area (Å²) in [4.78, 5) is 11.0. The van der Waals surface area contributed by atoms with Gasteiger partial charge in [-0.15, -0.1) is 0 Å². The second-order valence-corrected chi connectivity index (χ2v) is 6.49. The van der Waals surface area contributed by atoms with Gasteiger partial charge >= 0.3 is 12.1 Å². The number of rotatable bonds is 9. The Morgan fingerprint density at radius 1 is 1.24 bits per heavy atom. The molecule has 21 heavy (non-hydrogen) atoms. The van der Waals surface area contributed by atoms with Gasteiger partial charge in [0.2, 0.25) is 0 Å². The van der Waals surface area contributed by atoms with E-state index >= 15 is 0 Å². The first kappa shape index (κ1) is 20.1. The van der Waals surface area contributed by atoms with Crippen LogP contribution in [0.25, 0.3) is 0 Å². The van der Waals surface area contributed by atoms with Gasteiger partial charge in [0.05, 0.1) is 13.5 Å². The van der Waals surface area contributed by atoms with Gasteiger partial charge in [0.25, 0.3) is 10.2 Å². The SMILES string of the molecule is CCCCN(CC(F)(F)F)S(=O)(=O)N(C)CCC(=O)OC.